The third kappa shape index (κ3) is 2.81. The number of carbonyl (C=O) groups is 1. The van der Waals surface area contributed by atoms with Gasteiger partial charge in [0.15, 0.2) is 0 Å². The fourth-order valence-corrected chi connectivity index (χ4v) is 1.06. The first-order valence-corrected chi connectivity index (χ1v) is 4.19. The number of esters is 1. The van der Waals surface area contributed by atoms with Crippen LogP contribution in [0.1, 0.15) is 10.4 Å². The first kappa shape index (κ1) is 12.2. The summed E-state index contributed by atoms with van der Waals surface area (Å²) in [6.07, 6.45) is 1.31. The maximum atomic E-state index is 11.5. The standard InChI is InChI=1S/C9H8N4O2.Co/c10-7-3-1-2-6(4-7)9(14)15-8-5-11-13-12-8;/h1-5H,10H2,(H,11,12,13);. The van der Waals surface area contributed by atoms with Crippen molar-refractivity contribution in [2.45, 2.75) is 0 Å². The Bertz CT molecular complexity index is 472. The molecule has 0 bridgehead atoms. The molecule has 0 atom stereocenters. The molecular formula is C9H8CoN4O2. The number of H-pyrrole nitrogens is 1. The average molecular weight is 263 g/mol. The smallest absolute Gasteiger partial charge is 0.345 e. The Morgan fingerprint density at radius 2 is 2.25 bits per heavy atom. The van der Waals surface area contributed by atoms with Crippen molar-refractivity contribution in [2.75, 3.05) is 5.73 Å². The van der Waals surface area contributed by atoms with Gasteiger partial charge in [0.1, 0.15) is 6.20 Å². The molecule has 1 heterocycles. The van der Waals surface area contributed by atoms with E-state index in [0.717, 1.165) is 0 Å². The second-order valence-electron chi connectivity index (χ2n) is 2.82. The van der Waals surface area contributed by atoms with Crippen molar-refractivity contribution in [3.05, 3.63) is 36.0 Å². The van der Waals surface area contributed by atoms with Crippen LogP contribution in [0, 0.1) is 0 Å². The van der Waals surface area contributed by atoms with Gasteiger partial charge in [0.25, 0.3) is 5.88 Å². The van der Waals surface area contributed by atoms with E-state index >= 15 is 0 Å². The average Bonchev–Trinajstić information content (AvgIpc) is 2.70. The molecule has 0 spiro atoms. The number of nitrogens with one attached hydrogen (secondary N) is 1. The van der Waals surface area contributed by atoms with Crippen molar-refractivity contribution < 1.29 is 26.3 Å². The van der Waals surface area contributed by atoms with Crippen LogP contribution >= 0.6 is 0 Å². The number of nitrogens with zero attached hydrogens (tertiary/aromatic N) is 2. The summed E-state index contributed by atoms with van der Waals surface area (Å²) in [4.78, 5) is 11.5. The van der Waals surface area contributed by atoms with Gasteiger partial charge in [-0.2, -0.15) is 10.3 Å². The molecule has 2 rings (SSSR count). The van der Waals surface area contributed by atoms with E-state index in [1.807, 2.05) is 0 Å². The summed E-state index contributed by atoms with van der Waals surface area (Å²) < 4.78 is 4.90. The van der Waals surface area contributed by atoms with E-state index in [-0.39, 0.29) is 22.7 Å². The number of aromatic amines is 1. The number of rotatable bonds is 2. The summed E-state index contributed by atoms with van der Waals surface area (Å²) in [5.74, 6) is -0.390. The van der Waals surface area contributed by atoms with Crippen LogP contribution in [0.15, 0.2) is 30.5 Å². The molecule has 1 aromatic heterocycles. The molecule has 0 aliphatic carbocycles. The number of carbonyl (C=O) groups excluding carboxylic acids is 1. The summed E-state index contributed by atoms with van der Waals surface area (Å²) in [7, 11) is 0. The zero-order chi connectivity index (χ0) is 10.7. The van der Waals surface area contributed by atoms with Gasteiger partial charge in [-0.3, -0.25) is 0 Å². The Morgan fingerprint density at radius 1 is 1.44 bits per heavy atom. The first-order valence-electron chi connectivity index (χ1n) is 4.19. The number of hydrogen-bond donors (Lipinski definition) is 2. The van der Waals surface area contributed by atoms with Crippen LogP contribution in [0.5, 0.6) is 5.88 Å². The monoisotopic (exact) mass is 263 g/mol. The van der Waals surface area contributed by atoms with Gasteiger partial charge in [0.2, 0.25) is 0 Å². The fourth-order valence-electron chi connectivity index (χ4n) is 1.06. The second-order valence-corrected chi connectivity index (χ2v) is 2.82. The summed E-state index contributed by atoms with van der Waals surface area (Å²) in [6, 6.07) is 6.50. The SMILES string of the molecule is Nc1cccc(C(=O)Oc2cn[nH]n2)c1.[Co]. The molecular weight excluding hydrogens is 255 g/mol. The van der Waals surface area contributed by atoms with Crippen LogP contribution in [-0.2, 0) is 16.8 Å². The molecule has 7 heteroatoms. The van der Waals surface area contributed by atoms with Gasteiger partial charge in [0, 0.05) is 22.5 Å². The first-order chi connectivity index (χ1) is 7.25. The molecule has 2 aromatic rings. The summed E-state index contributed by atoms with van der Waals surface area (Å²) in [6.45, 7) is 0. The van der Waals surface area contributed by atoms with Crippen molar-refractivity contribution in [3.63, 3.8) is 0 Å². The van der Waals surface area contributed by atoms with Crippen LogP contribution in [0.4, 0.5) is 5.69 Å². The van der Waals surface area contributed by atoms with Crippen molar-refractivity contribution in [1.82, 2.24) is 15.4 Å². The third-order valence-electron chi connectivity index (χ3n) is 1.71. The third-order valence-corrected chi connectivity index (χ3v) is 1.71. The van der Waals surface area contributed by atoms with E-state index in [9.17, 15) is 4.79 Å². The van der Waals surface area contributed by atoms with E-state index in [1.54, 1.807) is 18.2 Å². The van der Waals surface area contributed by atoms with Gasteiger partial charge in [-0.25, -0.2) is 4.79 Å². The molecule has 1 radical (unpaired) electrons. The van der Waals surface area contributed by atoms with Crippen LogP contribution in [0.25, 0.3) is 0 Å². The van der Waals surface area contributed by atoms with Gasteiger partial charge in [0.05, 0.1) is 5.56 Å². The molecule has 0 saturated heterocycles. The number of hydrogen-bond acceptors (Lipinski definition) is 5. The summed E-state index contributed by atoms with van der Waals surface area (Å²) in [5, 5.41) is 9.44. The minimum absolute atomic E-state index is 0. The number of aromatic nitrogens is 3. The van der Waals surface area contributed by atoms with E-state index < -0.39 is 5.97 Å². The number of benzene rings is 1. The molecule has 0 aliphatic heterocycles. The van der Waals surface area contributed by atoms with E-state index in [2.05, 4.69) is 15.4 Å². The Kier molecular flexibility index (Phi) is 4.03. The molecule has 0 aliphatic rings. The largest absolute Gasteiger partial charge is 0.400 e. The molecule has 6 nitrogen and oxygen atoms in total. The maximum Gasteiger partial charge on any atom is 0.345 e. The molecule has 16 heavy (non-hydrogen) atoms. The number of anilines is 1. The second kappa shape index (κ2) is 5.28. The number of nitrogen functional groups attached to an aromatic ring is 1. The zero-order valence-electron chi connectivity index (χ0n) is 8.01. The number of nitrogens with two attached hydrogens (primary N) is 1. The molecule has 0 fully saturated rings. The Hall–Kier alpha value is -1.86. The zero-order valence-corrected chi connectivity index (χ0v) is 9.05. The van der Waals surface area contributed by atoms with Gasteiger partial charge in [-0.15, -0.1) is 5.10 Å². The van der Waals surface area contributed by atoms with Crippen LogP contribution in [0.3, 0.4) is 0 Å². The van der Waals surface area contributed by atoms with Crippen molar-refractivity contribution in [3.8, 4) is 5.88 Å². The van der Waals surface area contributed by atoms with Crippen LogP contribution in [-0.4, -0.2) is 21.4 Å². The maximum absolute atomic E-state index is 11.5. The van der Waals surface area contributed by atoms with E-state index in [1.165, 1.54) is 12.3 Å². The minimum Gasteiger partial charge on any atom is -0.400 e. The van der Waals surface area contributed by atoms with Gasteiger partial charge in [-0.05, 0) is 18.2 Å². The molecule has 1 aromatic carbocycles. The van der Waals surface area contributed by atoms with Gasteiger partial charge in [-0.1, -0.05) is 6.07 Å². The molecule has 0 saturated carbocycles. The summed E-state index contributed by atoms with van der Waals surface area (Å²) >= 11 is 0. The van der Waals surface area contributed by atoms with Crippen molar-refractivity contribution in [2.24, 2.45) is 0 Å². The van der Waals surface area contributed by atoms with Crippen molar-refractivity contribution in [1.29, 1.82) is 0 Å². The molecule has 0 amide bonds. The van der Waals surface area contributed by atoms with E-state index in [4.69, 9.17) is 10.5 Å². The fraction of sp³-hybridized carbons (Fsp3) is 0. The van der Waals surface area contributed by atoms with Crippen LogP contribution < -0.4 is 10.5 Å². The Morgan fingerprint density at radius 3 is 2.88 bits per heavy atom. The van der Waals surface area contributed by atoms with Gasteiger partial charge < -0.3 is 10.5 Å². The minimum atomic E-state index is -0.517. The Balaban J connectivity index is 0.00000128. The topological polar surface area (TPSA) is 93.9 Å². The number of ether oxygens (including phenoxy) is 1. The van der Waals surface area contributed by atoms with Crippen LogP contribution in [0.2, 0.25) is 0 Å². The molecule has 85 valence electrons. The normalized spacial score (nSPS) is 9.25. The quantitative estimate of drug-likeness (QED) is 0.611. The predicted molar refractivity (Wildman–Crippen MR) is 52.2 cm³/mol. The predicted octanol–water partition coefficient (Wildman–Crippen LogP) is 0.604. The molecule has 0 unspecified atom stereocenters. The molecule has 3 N–H and O–H groups in total. The van der Waals surface area contributed by atoms with E-state index in [0.29, 0.717) is 11.3 Å². The summed E-state index contributed by atoms with van der Waals surface area (Å²) in [5.41, 5.74) is 6.41. The van der Waals surface area contributed by atoms with Crippen molar-refractivity contribution >= 4 is 11.7 Å². The van der Waals surface area contributed by atoms with Gasteiger partial charge >= 0.3 is 5.97 Å². The Labute approximate surface area is 101 Å².